The minimum atomic E-state index is -0.0295. The van der Waals surface area contributed by atoms with E-state index in [1.165, 1.54) is 0 Å². The van der Waals surface area contributed by atoms with Crippen molar-refractivity contribution < 1.29 is 9.53 Å². The van der Waals surface area contributed by atoms with Gasteiger partial charge in [0.15, 0.2) is 0 Å². The maximum Gasteiger partial charge on any atom is 0.224 e. The summed E-state index contributed by atoms with van der Waals surface area (Å²) in [5, 5.41) is 16.6. The fourth-order valence-corrected chi connectivity index (χ4v) is 2.26. The van der Waals surface area contributed by atoms with E-state index in [9.17, 15) is 4.79 Å². The quantitative estimate of drug-likeness (QED) is 0.727. The van der Waals surface area contributed by atoms with E-state index in [0.717, 1.165) is 22.6 Å². The molecule has 0 aliphatic heterocycles. The van der Waals surface area contributed by atoms with E-state index in [-0.39, 0.29) is 5.91 Å². The highest BCUT2D eigenvalue weighted by Crippen LogP contribution is 2.17. The van der Waals surface area contributed by atoms with Crippen LogP contribution in [-0.2, 0) is 11.2 Å². The first-order valence-corrected chi connectivity index (χ1v) is 7.51. The van der Waals surface area contributed by atoms with E-state index < -0.39 is 0 Å². The van der Waals surface area contributed by atoms with Gasteiger partial charge in [-0.15, -0.1) is 10.2 Å². The van der Waals surface area contributed by atoms with Gasteiger partial charge in [0.2, 0.25) is 11.7 Å². The maximum absolute atomic E-state index is 12.0. The zero-order valence-electron chi connectivity index (χ0n) is 13.2. The molecule has 2 aromatic carbocycles. The van der Waals surface area contributed by atoms with Crippen LogP contribution in [0.2, 0.25) is 0 Å². The average Bonchev–Trinajstić information content (AvgIpc) is 3.16. The van der Waals surface area contributed by atoms with Gasteiger partial charge in [-0.2, -0.15) is 5.21 Å². The fourth-order valence-electron chi connectivity index (χ4n) is 2.26. The largest absolute Gasteiger partial charge is 0.497 e. The van der Waals surface area contributed by atoms with Crippen LogP contribution in [0.3, 0.4) is 0 Å². The molecule has 1 amide bonds. The van der Waals surface area contributed by atoms with Crippen molar-refractivity contribution in [3.63, 3.8) is 0 Å². The molecule has 0 saturated carbocycles. The number of carbonyl (C=O) groups is 1. The van der Waals surface area contributed by atoms with E-state index in [0.29, 0.717) is 18.7 Å². The summed E-state index contributed by atoms with van der Waals surface area (Å²) >= 11 is 0. The van der Waals surface area contributed by atoms with Gasteiger partial charge in [0.1, 0.15) is 5.75 Å². The minimum absolute atomic E-state index is 0.0295. The van der Waals surface area contributed by atoms with Gasteiger partial charge in [0.25, 0.3) is 0 Å². The summed E-state index contributed by atoms with van der Waals surface area (Å²) < 4.78 is 5.12. The number of benzene rings is 2. The van der Waals surface area contributed by atoms with Gasteiger partial charge < -0.3 is 10.1 Å². The van der Waals surface area contributed by atoms with Crippen molar-refractivity contribution in [3.05, 3.63) is 54.1 Å². The molecule has 1 aromatic heterocycles. The third kappa shape index (κ3) is 3.95. The number of ether oxygens (including phenoxy) is 1. The number of anilines is 1. The van der Waals surface area contributed by atoms with Gasteiger partial charge in [-0.1, -0.05) is 12.1 Å². The van der Waals surface area contributed by atoms with Gasteiger partial charge in [0, 0.05) is 17.7 Å². The lowest BCUT2D eigenvalue weighted by molar-refractivity contribution is -0.116. The molecular weight excluding hydrogens is 306 g/mol. The monoisotopic (exact) mass is 323 g/mol. The van der Waals surface area contributed by atoms with Gasteiger partial charge in [-0.05, 0) is 53.6 Å². The third-order valence-corrected chi connectivity index (χ3v) is 3.57. The lowest BCUT2D eigenvalue weighted by atomic mass is 10.1. The highest BCUT2D eigenvalue weighted by Gasteiger charge is 2.06. The Labute approximate surface area is 139 Å². The molecule has 0 saturated heterocycles. The Morgan fingerprint density at radius 3 is 2.50 bits per heavy atom. The fraction of sp³-hybridized carbons (Fsp3) is 0.176. The lowest BCUT2D eigenvalue weighted by Gasteiger charge is -2.06. The first-order chi connectivity index (χ1) is 11.7. The van der Waals surface area contributed by atoms with Gasteiger partial charge in [0.05, 0.1) is 7.11 Å². The second-order valence-electron chi connectivity index (χ2n) is 5.21. The zero-order chi connectivity index (χ0) is 16.8. The van der Waals surface area contributed by atoms with Gasteiger partial charge in [-0.3, -0.25) is 4.79 Å². The molecule has 0 spiro atoms. The van der Waals surface area contributed by atoms with E-state index in [4.69, 9.17) is 4.74 Å². The number of rotatable bonds is 6. The summed E-state index contributed by atoms with van der Waals surface area (Å²) in [6, 6.07) is 15.0. The highest BCUT2D eigenvalue weighted by molar-refractivity contribution is 5.91. The smallest absolute Gasteiger partial charge is 0.224 e. The van der Waals surface area contributed by atoms with E-state index in [2.05, 4.69) is 25.9 Å². The molecule has 0 radical (unpaired) electrons. The lowest BCUT2D eigenvalue weighted by Crippen LogP contribution is -2.12. The van der Waals surface area contributed by atoms with Crippen molar-refractivity contribution in [1.82, 2.24) is 20.6 Å². The van der Waals surface area contributed by atoms with Crippen LogP contribution in [0.15, 0.2) is 48.5 Å². The Kier molecular flexibility index (Phi) is 4.81. The van der Waals surface area contributed by atoms with Crippen LogP contribution in [0.5, 0.6) is 5.75 Å². The van der Waals surface area contributed by atoms with E-state index >= 15 is 0 Å². The first kappa shape index (κ1) is 15.7. The summed E-state index contributed by atoms with van der Waals surface area (Å²) in [6.45, 7) is 0. The number of carbonyl (C=O) groups excluding carboxylic acids is 1. The van der Waals surface area contributed by atoms with Crippen LogP contribution >= 0.6 is 0 Å². The summed E-state index contributed by atoms with van der Waals surface area (Å²) in [6.07, 6.45) is 1.09. The molecule has 2 N–H and O–H groups in total. The van der Waals surface area contributed by atoms with Crippen molar-refractivity contribution in [3.8, 4) is 17.1 Å². The molecule has 0 aliphatic rings. The Morgan fingerprint density at radius 1 is 1.12 bits per heavy atom. The molecule has 1 heterocycles. The Hall–Kier alpha value is -3.22. The highest BCUT2D eigenvalue weighted by atomic mass is 16.5. The standard InChI is InChI=1S/C17H17N5O2/c1-24-15-9-2-12(3-10-15)4-11-16(23)18-14-7-5-13(6-8-14)17-19-21-22-20-17/h2-3,5-10H,4,11H2,1H3,(H,18,23)(H,19,20,21,22). The van der Waals surface area contributed by atoms with Crippen molar-refractivity contribution >= 4 is 11.6 Å². The molecule has 24 heavy (non-hydrogen) atoms. The van der Waals surface area contributed by atoms with E-state index in [1.807, 2.05) is 48.5 Å². The predicted molar refractivity (Wildman–Crippen MR) is 89.6 cm³/mol. The molecule has 3 aromatic rings. The molecule has 0 unspecified atom stereocenters. The summed E-state index contributed by atoms with van der Waals surface area (Å²) in [7, 11) is 1.63. The van der Waals surface area contributed by atoms with Crippen molar-refractivity contribution in [2.24, 2.45) is 0 Å². The minimum Gasteiger partial charge on any atom is -0.497 e. The molecule has 0 aliphatic carbocycles. The van der Waals surface area contributed by atoms with Crippen molar-refractivity contribution in [1.29, 1.82) is 0 Å². The number of aromatic amines is 1. The van der Waals surface area contributed by atoms with Crippen LogP contribution < -0.4 is 10.1 Å². The predicted octanol–water partition coefficient (Wildman–Crippen LogP) is 2.45. The SMILES string of the molecule is COc1ccc(CCC(=O)Nc2ccc(-c3nn[nH]n3)cc2)cc1. The van der Waals surface area contributed by atoms with Crippen molar-refractivity contribution in [2.45, 2.75) is 12.8 Å². The van der Waals surface area contributed by atoms with Crippen LogP contribution in [0.1, 0.15) is 12.0 Å². The number of nitrogens with one attached hydrogen (secondary N) is 2. The Balaban J connectivity index is 1.52. The van der Waals surface area contributed by atoms with Crippen LogP contribution in [-0.4, -0.2) is 33.6 Å². The maximum atomic E-state index is 12.0. The number of nitrogens with zero attached hydrogens (tertiary/aromatic N) is 3. The number of aryl methyl sites for hydroxylation is 1. The average molecular weight is 323 g/mol. The first-order valence-electron chi connectivity index (χ1n) is 7.51. The Bertz CT molecular complexity index is 783. The molecule has 7 nitrogen and oxygen atoms in total. The van der Waals surface area contributed by atoms with Crippen LogP contribution in [0, 0.1) is 0 Å². The number of aromatic nitrogens is 4. The number of tetrazole rings is 1. The number of hydrogen-bond acceptors (Lipinski definition) is 5. The van der Waals surface area contributed by atoms with Gasteiger partial charge in [-0.25, -0.2) is 0 Å². The number of amides is 1. The Morgan fingerprint density at radius 2 is 1.88 bits per heavy atom. The molecule has 0 atom stereocenters. The summed E-state index contributed by atoms with van der Waals surface area (Å²) in [5.74, 6) is 1.30. The van der Waals surface area contributed by atoms with Crippen LogP contribution in [0.4, 0.5) is 5.69 Å². The summed E-state index contributed by atoms with van der Waals surface area (Å²) in [4.78, 5) is 12.0. The van der Waals surface area contributed by atoms with E-state index in [1.54, 1.807) is 7.11 Å². The number of methoxy groups -OCH3 is 1. The normalized spacial score (nSPS) is 10.4. The zero-order valence-corrected chi connectivity index (χ0v) is 13.2. The van der Waals surface area contributed by atoms with Crippen molar-refractivity contribution in [2.75, 3.05) is 12.4 Å². The van der Waals surface area contributed by atoms with Gasteiger partial charge >= 0.3 is 0 Å². The number of hydrogen-bond donors (Lipinski definition) is 2. The topological polar surface area (TPSA) is 92.8 Å². The third-order valence-electron chi connectivity index (χ3n) is 3.57. The second-order valence-corrected chi connectivity index (χ2v) is 5.21. The molecular formula is C17H17N5O2. The molecule has 7 heteroatoms. The molecule has 3 rings (SSSR count). The summed E-state index contributed by atoms with van der Waals surface area (Å²) in [5.41, 5.74) is 2.67. The molecule has 122 valence electrons. The second kappa shape index (κ2) is 7.36. The van der Waals surface area contributed by atoms with Crippen LogP contribution in [0.25, 0.3) is 11.4 Å². The molecule has 0 bridgehead atoms. The number of H-pyrrole nitrogens is 1. The molecule has 0 fully saturated rings.